The number of nitrogens with one attached hydrogen (secondary N) is 1. The molecular formula is C25H34FN5O. The van der Waals surface area contributed by atoms with Gasteiger partial charge in [-0.2, -0.15) is 5.10 Å². The Bertz CT molecular complexity index is 1150. The van der Waals surface area contributed by atoms with Gasteiger partial charge < -0.3 is 9.47 Å². The fourth-order valence-electron chi connectivity index (χ4n) is 5.27. The third kappa shape index (κ3) is 3.83. The summed E-state index contributed by atoms with van der Waals surface area (Å²) in [5.41, 5.74) is 4.94. The summed E-state index contributed by atoms with van der Waals surface area (Å²) in [6.45, 7) is 10.5. The van der Waals surface area contributed by atoms with E-state index in [1.165, 1.54) is 5.56 Å². The van der Waals surface area contributed by atoms with Crippen LogP contribution in [0.15, 0.2) is 35.3 Å². The molecule has 6 nitrogen and oxygen atoms in total. The molecule has 1 unspecified atom stereocenters. The lowest BCUT2D eigenvalue weighted by Crippen LogP contribution is -2.58. The van der Waals surface area contributed by atoms with E-state index in [1.807, 2.05) is 6.07 Å². The number of benzene rings is 1. The van der Waals surface area contributed by atoms with E-state index in [1.54, 1.807) is 36.0 Å². The average molecular weight is 440 g/mol. The standard InChI is InChI=1S/C25H34FN5O/c1-6-17-11-18(26)9-10-21(17)16(4)30-14-20(8-3)31(15-19(30)7-2)22-12-24(32)29(5)23-13-27-28-25(22)23/h9-13,16,19-20H,6-8,14-15H2,1-5H3,(H,27,28)/t16?,19-,20+/m1/s1. The van der Waals surface area contributed by atoms with Gasteiger partial charge in [-0.15, -0.1) is 0 Å². The molecule has 0 saturated carbocycles. The van der Waals surface area contributed by atoms with Crippen molar-refractivity contribution < 1.29 is 4.39 Å². The number of pyridine rings is 1. The van der Waals surface area contributed by atoms with Crippen LogP contribution >= 0.6 is 0 Å². The molecule has 0 spiro atoms. The van der Waals surface area contributed by atoms with Gasteiger partial charge >= 0.3 is 0 Å². The van der Waals surface area contributed by atoms with Crippen molar-refractivity contribution in [2.24, 2.45) is 7.05 Å². The molecule has 172 valence electrons. The van der Waals surface area contributed by atoms with Gasteiger partial charge in [0.25, 0.3) is 5.56 Å². The Morgan fingerprint density at radius 3 is 2.59 bits per heavy atom. The zero-order valence-electron chi connectivity index (χ0n) is 19.7. The number of hydrogen-bond donors (Lipinski definition) is 1. The average Bonchev–Trinajstić information content (AvgIpc) is 3.30. The van der Waals surface area contributed by atoms with Gasteiger partial charge in [0.2, 0.25) is 0 Å². The third-order valence-electron chi connectivity index (χ3n) is 7.25. The normalized spacial score (nSPS) is 20.8. The van der Waals surface area contributed by atoms with E-state index >= 15 is 0 Å². The maximum Gasteiger partial charge on any atom is 0.252 e. The predicted molar refractivity (Wildman–Crippen MR) is 128 cm³/mol. The molecule has 1 saturated heterocycles. The van der Waals surface area contributed by atoms with Crippen molar-refractivity contribution >= 4 is 16.7 Å². The van der Waals surface area contributed by atoms with E-state index in [0.29, 0.717) is 6.04 Å². The summed E-state index contributed by atoms with van der Waals surface area (Å²) >= 11 is 0. The molecule has 3 atom stereocenters. The van der Waals surface area contributed by atoms with E-state index in [0.717, 1.165) is 54.6 Å². The van der Waals surface area contributed by atoms with Crippen LogP contribution in [0.2, 0.25) is 0 Å². The van der Waals surface area contributed by atoms with Crippen LogP contribution in [0, 0.1) is 5.82 Å². The predicted octanol–water partition coefficient (Wildman–Crippen LogP) is 4.40. The fourth-order valence-corrected chi connectivity index (χ4v) is 5.27. The first-order valence-corrected chi connectivity index (χ1v) is 11.7. The fraction of sp³-hybridized carbons (Fsp3) is 0.520. The van der Waals surface area contributed by atoms with Crippen LogP contribution in [0.1, 0.15) is 57.7 Å². The number of halogens is 1. The van der Waals surface area contributed by atoms with Crippen LogP contribution in [0.25, 0.3) is 11.0 Å². The van der Waals surface area contributed by atoms with Crippen molar-refractivity contribution in [1.29, 1.82) is 0 Å². The molecule has 1 N–H and O–H groups in total. The number of fused-ring (bicyclic) bond motifs is 1. The van der Waals surface area contributed by atoms with Gasteiger partial charge in [0.05, 0.1) is 17.4 Å². The minimum Gasteiger partial charge on any atom is -0.364 e. The summed E-state index contributed by atoms with van der Waals surface area (Å²) in [6, 6.07) is 7.73. The quantitative estimate of drug-likeness (QED) is 0.618. The maximum absolute atomic E-state index is 13.8. The third-order valence-corrected chi connectivity index (χ3v) is 7.25. The molecule has 0 bridgehead atoms. The molecule has 4 rings (SSSR count). The van der Waals surface area contributed by atoms with E-state index < -0.39 is 0 Å². The number of piperazine rings is 1. The lowest BCUT2D eigenvalue weighted by Gasteiger charge is -2.49. The second kappa shape index (κ2) is 9.06. The number of aryl methyl sites for hydroxylation is 2. The van der Waals surface area contributed by atoms with E-state index in [4.69, 9.17) is 0 Å². The van der Waals surface area contributed by atoms with Gasteiger partial charge in [0, 0.05) is 44.3 Å². The summed E-state index contributed by atoms with van der Waals surface area (Å²) < 4.78 is 15.5. The van der Waals surface area contributed by atoms with Crippen LogP contribution in [0.4, 0.5) is 10.1 Å². The second-order valence-corrected chi connectivity index (χ2v) is 8.90. The van der Waals surface area contributed by atoms with E-state index in [-0.39, 0.29) is 23.5 Å². The lowest BCUT2D eigenvalue weighted by molar-refractivity contribution is 0.101. The highest BCUT2D eigenvalue weighted by Gasteiger charge is 2.36. The van der Waals surface area contributed by atoms with Gasteiger partial charge in [-0.1, -0.05) is 26.8 Å². The highest BCUT2D eigenvalue weighted by atomic mass is 19.1. The first kappa shape index (κ1) is 22.5. The molecule has 32 heavy (non-hydrogen) atoms. The number of anilines is 1. The number of aromatic amines is 1. The Morgan fingerprint density at radius 1 is 1.16 bits per heavy atom. The van der Waals surface area contributed by atoms with Crippen LogP contribution in [0.5, 0.6) is 0 Å². The molecule has 0 aliphatic carbocycles. The Labute approximate surface area is 189 Å². The minimum absolute atomic E-state index is 0.0218. The van der Waals surface area contributed by atoms with E-state index in [9.17, 15) is 9.18 Å². The van der Waals surface area contributed by atoms with Gasteiger partial charge in [-0.25, -0.2) is 4.39 Å². The molecule has 1 aliphatic rings. The van der Waals surface area contributed by atoms with Crippen molar-refractivity contribution in [3.8, 4) is 0 Å². The maximum atomic E-state index is 13.8. The molecule has 2 aromatic heterocycles. The number of rotatable bonds is 6. The Kier molecular flexibility index (Phi) is 6.38. The lowest BCUT2D eigenvalue weighted by atomic mass is 9.93. The van der Waals surface area contributed by atoms with Gasteiger partial charge in [0.1, 0.15) is 11.3 Å². The van der Waals surface area contributed by atoms with Crippen molar-refractivity contribution in [3.63, 3.8) is 0 Å². The first-order valence-electron chi connectivity index (χ1n) is 11.7. The van der Waals surface area contributed by atoms with Crippen molar-refractivity contribution in [3.05, 3.63) is 57.8 Å². The zero-order chi connectivity index (χ0) is 23.0. The number of nitrogens with zero attached hydrogens (tertiary/aromatic N) is 4. The Balaban J connectivity index is 1.70. The highest BCUT2D eigenvalue weighted by molar-refractivity contribution is 5.88. The summed E-state index contributed by atoms with van der Waals surface area (Å²) in [6.07, 6.45) is 4.50. The van der Waals surface area contributed by atoms with Crippen molar-refractivity contribution in [2.75, 3.05) is 18.0 Å². The molecule has 3 aromatic rings. The van der Waals surface area contributed by atoms with Crippen LogP contribution in [-0.2, 0) is 13.5 Å². The van der Waals surface area contributed by atoms with E-state index in [2.05, 4.69) is 47.7 Å². The Hall–Kier alpha value is -2.67. The zero-order valence-corrected chi connectivity index (χ0v) is 19.7. The topological polar surface area (TPSA) is 57.2 Å². The summed E-state index contributed by atoms with van der Waals surface area (Å²) in [5, 5.41) is 7.32. The van der Waals surface area contributed by atoms with Gasteiger partial charge in [0.15, 0.2) is 0 Å². The smallest absolute Gasteiger partial charge is 0.252 e. The monoisotopic (exact) mass is 439 g/mol. The largest absolute Gasteiger partial charge is 0.364 e. The molecule has 0 radical (unpaired) electrons. The number of hydrogen-bond acceptors (Lipinski definition) is 4. The number of H-pyrrole nitrogens is 1. The highest BCUT2D eigenvalue weighted by Crippen LogP contribution is 2.35. The molecule has 7 heteroatoms. The van der Waals surface area contributed by atoms with Crippen molar-refractivity contribution in [2.45, 2.75) is 65.1 Å². The minimum atomic E-state index is -0.171. The molecule has 0 amide bonds. The van der Waals surface area contributed by atoms with Crippen LogP contribution < -0.4 is 10.5 Å². The van der Waals surface area contributed by atoms with Crippen molar-refractivity contribution in [1.82, 2.24) is 19.7 Å². The molecule has 3 heterocycles. The van der Waals surface area contributed by atoms with Gasteiger partial charge in [-0.05, 0) is 49.4 Å². The molecular weight excluding hydrogens is 405 g/mol. The number of aromatic nitrogens is 3. The second-order valence-electron chi connectivity index (χ2n) is 8.90. The summed E-state index contributed by atoms with van der Waals surface area (Å²) in [4.78, 5) is 17.6. The summed E-state index contributed by atoms with van der Waals surface area (Å²) in [7, 11) is 1.78. The Morgan fingerprint density at radius 2 is 1.91 bits per heavy atom. The van der Waals surface area contributed by atoms with Crippen LogP contribution in [-0.4, -0.2) is 44.8 Å². The summed E-state index contributed by atoms with van der Waals surface area (Å²) in [5.74, 6) is -0.171. The van der Waals surface area contributed by atoms with Gasteiger partial charge in [-0.3, -0.25) is 14.8 Å². The molecule has 1 aliphatic heterocycles. The van der Waals surface area contributed by atoms with Crippen LogP contribution in [0.3, 0.4) is 0 Å². The molecule has 1 fully saturated rings. The first-order chi connectivity index (χ1) is 15.4. The SMILES string of the molecule is CCc1cc(F)ccc1C(C)N1C[C@H](CC)N(c2cc(=O)n(C)c3cn[nH]c23)C[C@H]1CC. The molecule has 1 aromatic carbocycles.